The molecule has 0 atom stereocenters. The molecule has 3 rings (SSSR count). The average molecular weight is 409 g/mol. The summed E-state index contributed by atoms with van der Waals surface area (Å²) < 4.78 is 13.7. The van der Waals surface area contributed by atoms with E-state index in [9.17, 15) is 9.18 Å². The first-order valence-corrected chi connectivity index (χ1v) is 9.95. The number of amides is 1. The van der Waals surface area contributed by atoms with Crippen molar-refractivity contribution in [3.05, 3.63) is 63.4 Å². The molecule has 1 N–H and O–H groups in total. The maximum absolute atomic E-state index is 13.7. The van der Waals surface area contributed by atoms with Gasteiger partial charge in [0.1, 0.15) is 5.82 Å². The van der Waals surface area contributed by atoms with Crippen molar-refractivity contribution in [2.24, 2.45) is 0 Å². The van der Waals surface area contributed by atoms with Crippen LogP contribution in [0, 0.1) is 5.82 Å². The second kappa shape index (κ2) is 9.05. The fourth-order valence-corrected chi connectivity index (χ4v) is 4.05. The molecule has 1 saturated carbocycles. The van der Waals surface area contributed by atoms with Crippen LogP contribution in [0.4, 0.5) is 10.1 Å². The van der Waals surface area contributed by atoms with E-state index in [2.05, 4.69) is 17.3 Å². The quantitative estimate of drug-likeness (QED) is 0.601. The van der Waals surface area contributed by atoms with Gasteiger partial charge in [0.2, 0.25) is 0 Å². The van der Waals surface area contributed by atoms with Crippen LogP contribution in [0.5, 0.6) is 0 Å². The molecule has 0 aromatic heterocycles. The number of anilines is 1. The monoisotopic (exact) mass is 408 g/mol. The Bertz CT molecular complexity index is 822. The molecule has 0 heterocycles. The van der Waals surface area contributed by atoms with Gasteiger partial charge in [0, 0.05) is 18.3 Å². The number of nitrogens with one attached hydrogen (secondary N) is 1. The van der Waals surface area contributed by atoms with E-state index in [1.807, 2.05) is 24.3 Å². The van der Waals surface area contributed by atoms with Gasteiger partial charge in [-0.05, 0) is 43.7 Å². The van der Waals surface area contributed by atoms with Crippen LogP contribution in [0.1, 0.15) is 48.0 Å². The maximum Gasteiger partial charge on any atom is 0.257 e. The van der Waals surface area contributed by atoms with Crippen molar-refractivity contribution in [1.29, 1.82) is 0 Å². The van der Waals surface area contributed by atoms with E-state index in [0.717, 1.165) is 18.2 Å². The lowest BCUT2D eigenvalue weighted by atomic mass is 9.94. The van der Waals surface area contributed by atoms with E-state index < -0.39 is 11.7 Å². The minimum atomic E-state index is -0.670. The highest BCUT2D eigenvalue weighted by molar-refractivity contribution is 6.37. The van der Waals surface area contributed by atoms with Crippen LogP contribution in [0.2, 0.25) is 10.0 Å². The predicted molar refractivity (Wildman–Crippen MR) is 109 cm³/mol. The zero-order valence-corrected chi connectivity index (χ0v) is 16.8. The van der Waals surface area contributed by atoms with Gasteiger partial charge in [0.25, 0.3) is 5.91 Å². The van der Waals surface area contributed by atoms with Gasteiger partial charge in [-0.1, -0.05) is 60.7 Å². The Balaban J connectivity index is 1.76. The molecule has 0 aliphatic heterocycles. The lowest BCUT2D eigenvalue weighted by Gasteiger charge is -2.31. The van der Waals surface area contributed by atoms with Gasteiger partial charge < -0.3 is 5.32 Å². The van der Waals surface area contributed by atoms with Gasteiger partial charge in [-0.2, -0.15) is 0 Å². The van der Waals surface area contributed by atoms with Crippen LogP contribution < -0.4 is 5.32 Å². The molecule has 0 saturated heterocycles. The fraction of sp³-hybridized carbons (Fsp3) is 0.381. The maximum atomic E-state index is 13.7. The number of carbonyl (C=O) groups excluding carboxylic acids is 1. The number of hydrogen-bond acceptors (Lipinski definition) is 2. The topological polar surface area (TPSA) is 32.3 Å². The zero-order valence-electron chi connectivity index (χ0n) is 15.3. The molecular formula is C21H23Cl2FN2O. The lowest BCUT2D eigenvalue weighted by molar-refractivity contribution is 0.102. The zero-order chi connectivity index (χ0) is 19.4. The summed E-state index contributed by atoms with van der Waals surface area (Å²) in [7, 11) is 2.13. The van der Waals surface area contributed by atoms with Crippen molar-refractivity contribution in [2.75, 3.05) is 12.4 Å². The molecule has 144 valence electrons. The van der Waals surface area contributed by atoms with Gasteiger partial charge in [0.05, 0.1) is 15.6 Å². The highest BCUT2D eigenvalue weighted by Gasteiger charge is 2.20. The van der Waals surface area contributed by atoms with Gasteiger partial charge in [-0.15, -0.1) is 0 Å². The molecule has 0 bridgehead atoms. The summed E-state index contributed by atoms with van der Waals surface area (Å²) in [5.74, 6) is -1.13. The second-order valence-corrected chi connectivity index (χ2v) is 7.88. The van der Waals surface area contributed by atoms with Gasteiger partial charge >= 0.3 is 0 Å². The Morgan fingerprint density at radius 3 is 2.59 bits per heavy atom. The summed E-state index contributed by atoms with van der Waals surface area (Å²) >= 11 is 11.8. The molecule has 1 fully saturated rings. The molecule has 1 aliphatic carbocycles. The van der Waals surface area contributed by atoms with E-state index in [1.54, 1.807) is 0 Å². The third-order valence-electron chi connectivity index (χ3n) is 5.14. The van der Waals surface area contributed by atoms with Crippen LogP contribution in [-0.4, -0.2) is 23.9 Å². The number of carbonyl (C=O) groups is 1. The average Bonchev–Trinajstić information content (AvgIpc) is 2.66. The van der Waals surface area contributed by atoms with Crippen molar-refractivity contribution < 1.29 is 9.18 Å². The minimum absolute atomic E-state index is 0.0639. The Hall–Kier alpha value is -1.62. The number of nitrogens with zero attached hydrogens (tertiary/aromatic N) is 1. The number of benzene rings is 2. The number of hydrogen-bond donors (Lipinski definition) is 1. The molecule has 2 aromatic carbocycles. The van der Waals surface area contributed by atoms with Crippen molar-refractivity contribution in [3.63, 3.8) is 0 Å². The molecule has 0 radical (unpaired) electrons. The fourth-order valence-electron chi connectivity index (χ4n) is 3.59. The summed E-state index contributed by atoms with van der Waals surface area (Å²) in [6.07, 6.45) is 6.28. The summed E-state index contributed by atoms with van der Waals surface area (Å²) in [5.41, 5.74) is 1.79. The van der Waals surface area contributed by atoms with Crippen molar-refractivity contribution in [1.82, 2.24) is 4.90 Å². The van der Waals surface area contributed by atoms with Crippen molar-refractivity contribution in [2.45, 2.75) is 44.7 Å². The largest absolute Gasteiger partial charge is 0.322 e. The van der Waals surface area contributed by atoms with Crippen LogP contribution in [0.3, 0.4) is 0 Å². The van der Waals surface area contributed by atoms with Crippen LogP contribution in [0.25, 0.3) is 0 Å². The van der Waals surface area contributed by atoms with E-state index in [4.69, 9.17) is 23.2 Å². The molecule has 0 spiro atoms. The minimum Gasteiger partial charge on any atom is -0.322 e. The Morgan fingerprint density at radius 2 is 1.85 bits per heavy atom. The molecule has 3 nitrogen and oxygen atoms in total. The molecule has 0 unspecified atom stereocenters. The molecule has 1 amide bonds. The van der Waals surface area contributed by atoms with E-state index >= 15 is 0 Å². The highest BCUT2D eigenvalue weighted by Crippen LogP contribution is 2.27. The first kappa shape index (κ1) is 20.1. The summed E-state index contributed by atoms with van der Waals surface area (Å²) in [5, 5.41) is 2.88. The van der Waals surface area contributed by atoms with E-state index in [-0.39, 0.29) is 15.6 Å². The van der Waals surface area contributed by atoms with Crippen LogP contribution in [0.15, 0.2) is 36.4 Å². The summed E-state index contributed by atoms with van der Waals surface area (Å²) in [6.45, 7) is 0.740. The number of para-hydroxylation sites is 1. The molecule has 2 aromatic rings. The first-order valence-electron chi connectivity index (χ1n) is 9.19. The third kappa shape index (κ3) is 5.01. The normalized spacial score (nSPS) is 15.1. The van der Waals surface area contributed by atoms with Gasteiger partial charge in [-0.3, -0.25) is 9.69 Å². The first-order chi connectivity index (χ1) is 13.0. The molecule has 1 aliphatic rings. The molecule has 6 heteroatoms. The Kier molecular flexibility index (Phi) is 6.74. The highest BCUT2D eigenvalue weighted by atomic mass is 35.5. The predicted octanol–water partition coefficient (Wildman–Crippen LogP) is 6.15. The van der Waals surface area contributed by atoms with E-state index in [0.29, 0.717) is 11.7 Å². The van der Waals surface area contributed by atoms with Crippen LogP contribution >= 0.6 is 23.2 Å². The van der Waals surface area contributed by atoms with Gasteiger partial charge in [0.15, 0.2) is 0 Å². The molecule has 27 heavy (non-hydrogen) atoms. The Morgan fingerprint density at radius 1 is 1.15 bits per heavy atom. The standard InChI is InChI=1S/C21H23Cl2FN2O/c1-26(15-8-3-2-4-9-15)13-14-7-5-6-10-20(14)25-21(27)16-11-19(24)18(23)12-17(16)22/h5-7,10-12,15H,2-4,8-9,13H2,1H3,(H,25,27). The SMILES string of the molecule is CN(Cc1ccccc1NC(=O)c1cc(F)c(Cl)cc1Cl)C1CCCCC1. The van der Waals surface area contributed by atoms with Crippen molar-refractivity contribution >= 4 is 34.8 Å². The van der Waals surface area contributed by atoms with Crippen molar-refractivity contribution in [3.8, 4) is 0 Å². The summed E-state index contributed by atoms with van der Waals surface area (Å²) in [4.78, 5) is 15.0. The lowest BCUT2D eigenvalue weighted by Crippen LogP contribution is -2.33. The summed E-state index contributed by atoms with van der Waals surface area (Å²) in [6, 6.07) is 10.6. The third-order valence-corrected chi connectivity index (χ3v) is 5.74. The molecular weight excluding hydrogens is 386 g/mol. The Labute approximate surface area is 169 Å². The smallest absolute Gasteiger partial charge is 0.257 e. The van der Waals surface area contributed by atoms with E-state index in [1.165, 1.54) is 38.2 Å². The number of rotatable bonds is 5. The second-order valence-electron chi connectivity index (χ2n) is 7.06. The van der Waals surface area contributed by atoms with Gasteiger partial charge in [-0.25, -0.2) is 4.39 Å². The number of halogens is 3. The van der Waals surface area contributed by atoms with Crippen LogP contribution in [-0.2, 0) is 6.54 Å².